The van der Waals surface area contributed by atoms with Crippen molar-refractivity contribution >= 4 is 17.6 Å². The van der Waals surface area contributed by atoms with Gasteiger partial charge in [0, 0.05) is 5.69 Å². The van der Waals surface area contributed by atoms with Gasteiger partial charge in [-0.1, -0.05) is 17.2 Å². The van der Waals surface area contributed by atoms with Gasteiger partial charge in [-0.15, -0.1) is 0 Å². The van der Waals surface area contributed by atoms with Crippen LogP contribution in [0.5, 0.6) is 0 Å². The number of aliphatic carboxylic acids is 1. The molecule has 1 amide bonds. The van der Waals surface area contributed by atoms with Crippen LogP contribution < -0.4 is 5.32 Å². The van der Waals surface area contributed by atoms with Gasteiger partial charge in [0.05, 0.1) is 11.8 Å². The Morgan fingerprint density at radius 3 is 2.04 bits per heavy atom. The Hall–Kier alpha value is -2.10. The van der Waals surface area contributed by atoms with Crippen LogP contribution in [0, 0.1) is 37.5 Å². The Balaban J connectivity index is 1.91. The number of hydrogen-bond acceptors (Lipinski definition) is 2. The molecule has 2 saturated carbocycles. The topological polar surface area (TPSA) is 66.4 Å². The highest BCUT2D eigenvalue weighted by atomic mass is 16.4. The van der Waals surface area contributed by atoms with E-state index in [0.717, 1.165) is 29.7 Å². The van der Waals surface area contributed by atoms with Crippen LogP contribution in [0.4, 0.5) is 5.69 Å². The molecule has 1 aromatic carbocycles. The van der Waals surface area contributed by atoms with Gasteiger partial charge in [0.15, 0.2) is 0 Å². The fourth-order valence-electron chi connectivity index (χ4n) is 4.88. The van der Waals surface area contributed by atoms with E-state index in [-0.39, 0.29) is 17.7 Å². The summed E-state index contributed by atoms with van der Waals surface area (Å²) in [5.74, 6) is -1.97. The molecule has 2 aliphatic rings. The van der Waals surface area contributed by atoms with Crippen LogP contribution in [0.1, 0.15) is 37.8 Å². The lowest BCUT2D eigenvalue weighted by Gasteiger charge is -2.26. The third-order valence-corrected chi connectivity index (χ3v) is 5.50. The second-order valence-corrected chi connectivity index (χ2v) is 7.50. The summed E-state index contributed by atoms with van der Waals surface area (Å²) >= 11 is 0. The molecule has 2 aliphatic carbocycles. The van der Waals surface area contributed by atoms with Gasteiger partial charge in [-0.3, -0.25) is 9.59 Å². The summed E-state index contributed by atoms with van der Waals surface area (Å²) in [5, 5.41) is 12.7. The first-order chi connectivity index (χ1) is 11.3. The summed E-state index contributed by atoms with van der Waals surface area (Å²) in [7, 11) is 0. The summed E-state index contributed by atoms with van der Waals surface area (Å²) in [6, 6.07) is 5.90. The molecule has 4 nitrogen and oxygen atoms in total. The van der Waals surface area contributed by atoms with Gasteiger partial charge in [-0.25, -0.2) is 0 Å². The molecule has 0 radical (unpaired) electrons. The van der Waals surface area contributed by atoms with E-state index in [1.807, 2.05) is 39.8 Å². The number of nitrogens with one attached hydrogen (secondary N) is 1. The fourth-order valence-corrected chi connectivity index (χ4v) is 4.88. The molecule has 3 rings (SSSR count). The molecule has 4 heteroatoms. The van der Waals surface area contributed by atoms with Gasteiger partial charge in [-0.2, -0.15) is 0 Å². The molecule has 0 aromatic heterocycles. The SMILES string of the molecule is CC(C)=C1[C@H]2CC[C@@H]1[C@H](C(=O)Nc1cc(C)cc(C)c1)[C@@H]2C(=O)O. The van der Waals surface area contributed by atoms with Crippen LogP contribution in [-0.2, 0) is 9.59 Å². The summed E-state index contributed by atoms with van der Waals surface area (Å²) < 4.78 is 0. The number of amides is 1. The number of carboxylic acid groups (broad SMARTS) is 1. The van der Waals surface area contributed by atoms with E-state index in [0.29, 0.717) is 0 Å². The Morgan fingerprint density at radius 1 is 1.00 bits per heavy atom. The highest BCUT2D eigenvalue weighted by Crippen LogP contribution is 2.57. The lowest BCUT2D eigenvalue weighted by Crippen LogP contribution is -2.37. The third kappa shape index (κ3) is 2.74. The van der Waals surface area contributed by atoms with E-state index >= 15 is 0 Å². The van der Waals surface area contributed by atoms with Gasteiger partial charge < -0.3 is 10.4 Å². The molecule has 2 N–H and O–H groups in total. The fraction of sp³-hybridized carbons (Fsp3) is 0.500. The smallest absolute Gasteiger partial charge is 0.307 e. The molecule has 0 unspecified atom stereocenters. The lowest BCUT2D eigenvalue weighted by molar-refractivity contribution is -0.148. The molecule has 4 atom stereocenters. The van der Waals surface area contributed by atoms with Crippen molar-refractivity contribution in [3.63, 3.8) is 0 Å². The second kappa shape index (κ2) is 6.08. The van der Waals surface area contributed by atoms with E-state index in [9.17, 15) is 14.7 Å². The van der Waals surface area contributed by atoms with Crippen molar-refractivity contribution in [2.45, 2.75) is 40.5 Å². The number of rotatable bonds is 3. The maximum atomic E-state index is 12.9. The summed E-state index contributed by atoms with van der Waals surface area (Å²) in [4.78, 5) is 24.7. The van der Waals surface area contributed by atoms with E-state index in [1.165, 1.54) is 11.1 Å². The number of hydrogen-bond donors (Lipinski definition) is 2. The van der Waals surface area contributed by atoms with E-state index < -0.39 is 17.8 Å². The molecule has 0 heterocycles. The van der Waals surface area contributed by atoms with E-state index in [1.54, 1.807) is 0 Å². The summed E-state index contributed by atoms with van der Waals surface area (Å²) in [6.45, 7) is 8.04. The first-order valence-corrected chi connectivity index (χ1v) is 8.59. The molecule has 24 heavy (non-hydrogen) atoms. The zero-order valence-electron chi connectivity index (χ0n) is 14.7. The minimum atomic E-state index is -0.846. The molecule has 1 aromatic rings. The average molecular weight is 327 g/mol. The molecule has 0 aliphatic heterocycles. The molecule has 128 valence electrons. The molecular weight excluding hydrogens is 302 g/mol. The van der Waals surface area contributed by atoms with Crippen LogP contribution in [-0.4, -0.2) is 17.0 Å². The van der Waals surface area contributed by atoms with Gasteiger partial charge >= 0.3 is 5.97 Å². The number of carbonyl (C=O) groups excluding carboxylic acids is 1. The van der Waals surface area contributed by atoms with Crippen LogP contribution in [0.2, 0.25) is 0 Å². The Kier molecular flexibility index (Phi) is 4.24. The molecular formula is C20H25NO3. The van der Waals surface area contributed by atoms with Crippen LogP contribution in [0.25, 0.3) is 0 Å². The molecule has 2 fully saturated rings. The zero-order valence-corrected chi connectivity index (χ0v) is 14.7. The second-order valence-electron chi connectivity index (χ2n) is 7.50. The predicted octanol–water partition coefficient (Wildman–Crippen LogP) is 3.94. The number of carboxylic acids is 1. The van der Waals surface area contributed by atoms with Crippen LogP contribution >= 0.6 is 0 Å². The largest absolute Gasteiger partial charge is 0.481 e. The average Bonchev–Trinajstić information content (AvgIpc) is 3.01. The monoisotopic (exact) mass is 327 g/mol. The molecule has 0 saturated heterocycles. The number of benzene rings is 1. The highest BCUT2D eigenvalue weighted by Gasteiger charge is 2.57. The Bertz CT molecular complexity index is 710. The molecule has 0 spiro atoms. The Morgan fingerprint density at radius 2 is 1.54 bits per heavy atom. The number of allylic oxidation sites excluding steroid dienone is 2. The van der Waals surface area contributed by atoms with Crippen LogP contribution in [0.15, 0.2) is 29.3 Å². The first kappa shape index (κ1) is 16.7. The first-order valence-electron chi connectivity index (χ1n) is 8.59. The van der Waals surface area contributed by atoms with Crippen molar-refractivity contribution in [3.05, 3.63) is 40.5 Å². The minimum Gasteiger partial charge on any atom is -0.481 e. The predicted molar refractivity (Wildman–Crippen MR) is 93.7 cm³/mol. The lowest BCUT2D eigenvalue weighted by atomic mass is 9.78. The maximum absolute atomic E-state index is 12.9. The van der Waals surface area contributed by atoms with Crippen molar-refractivity contribution < 1.29 is 14.7 Å². The van der Waals surface area contributed by atoms with Crippen molar-refractivity contribution in [2.75, 3.05) is 5.32 Å². The van der Waals surface area contributed by atoms with Gasteiger partial charge in [0.2, 0.25) is 5.91 Å². The van der Waals surface area contributed by atoms with Crippen molar-refractivity contribution in [1.82, 2.24) is 0 Å². The van der Waals surface area contributed by atoms with E-state index in [4.69, 9.17) is 0 Å². The maximum Gasteiger partial charge on any atom is 0.307 e. The zero-order chi connectivity index (χ0) is 17.6. The van der Waals surface area contributed by atoms with Gasteiger partial charge in [0.25, 0.3) is 0 Å². The number of aryl methyl sites for hydroxylation is 2. The normalized spacial score (nSPS) is 28.1. The van der Waals surface area contributed by atoms with E-state index in [2.05, 4.69) is 11.4 Å². The van der Waals surface area contributed by atoms with Crippen molar-refractivity contribution in [2.24, 2.45) is 23.7 Å². The Labute approximate surface area is 143 Å². The van der Waals surface area contributed by atoms with Crippen molar-refractivity contribution in [3.8, 4) is 0 Å². The van der Waals surface area contributed by atoms with Crippen molar-refractivity contribution in [1.29, 1.82) is 0 Å². The van der Waals surface area contributed by atoms with Gasteiger partial charge in [0.1, 0.15) is 0 Å². The number of carbonyl (C=O) groups is 2. The molecule has 2 bridgehead atoms. The number of anilines is 1. The quantitative estimate of drug-likeness (QED) is 0.827. The summed E-state index contributed by atoms with van der Waals surface area (Å²) in [5.41, 5.74) is 5.30. The standard InChI is InChI=1S/C20H25NO3/c1-10(2)16-14-5-6-15(16)18(20(23)24)17(14)19(22)21-13-8-11(3)7-12(4)9-13/h7-9,14-15,17-18H,5-6H2,1-4H3,(H,21,22)(H,23,24)/t14-,15+,17-,18+/m0/s1. The summed E-state index contributed by atoms with van der Waals surface area (Å²) in [6.07, 6.45) is 1.80. The minimum absolute atomic E-state index is 0.0208. The van der Waals surface area contributed by atoms with Crippen LogP contribution in [0.3, 0.4) is 0 Å². The van der Waals surface area contributed by atoms with Gasteiger partial charge in [-0.05, 0) is 75.6 Å². The highest BCUT2D eigenvalue weighted by molar-refractivity contribution is 5.96. The number of fused-ring (bicyclic) bond motifs is 2. The third-order valence-electron chi connectivity index (χ3n) is 5.50.